The molecule has 1 fully saturated rings. The number of aryl methyl sites for hydroxylation is 1. The summed E-state index contributed by atoms with van der Waals surface area (Å²) in [6, 6.07) is 2.53. The van der Waals surface area contributed by atoms with Crippen LogP contribution in [0.4, 0.5) is 5.82 Å². The fourth-order valence-corrected chi connectivity index (χ4v) is 2.13. The minimum Gasteiger partial charge on any atom is -0.367 e. The van der Waals surface area contributed by atoms with Crippen LogP contribution in [0.1, 0.15) is 31.9 Å². The smallest absolute Gasteiger partial charge is 0.224 e. The van der Waals surface area contributed by atoms with Crippen molar-refractivity contribution in [3.63, 3.8) is 0 Å². The van der Waals surface area contributed by atoms with Gasteiger partial charge in [-0.2, -0.15) is 0 Å². The number of anilines is 1. The zero-order chi connectivity index (χ0) is 10.8. The third kappa shape index (κ3) is 2.81. The fourth-order valence-electron chi connectivity index (χ4n) is 1.91. The van der Waals surface area contributed by atoms with Crippen molar-refractivity contribution in [2.24, 2.45) is 5.92 Å². The first-order valence-corrected chi connectivity index (χ1v) is 5.84. The van der Waals surface area contributed by atoms with E-state index < -0.39 is 0 Å². The molecule has 0 amide bonds. The van der Waals surface area contributed by atoms with Crippen molar-refractivity contribution in [1.82, 2.24) is 9.97 Å². The van der Waals surface area contributed by atoms with E-state index in [1.807, 2.05) is 13.0 Å². The second-order valence-electron chi connectivity index (χ2n) is 4.20. The van der Waals surface area contributed by atoms with Gasteiger partial charge < -0.3 is 5.32 Å². The Morgan fingerprint density at radius 2 is 2.33 bits per heavy atom. The van der Waals surface area contributed by atoms with Gasteiger partial charge in [0.25, 0.3) is 0 Å². The third-order valence-electron chi connectivity index (χ3n) is 2.74. The van der Waals surface area contributed by atoms with E-state index in [0.29, 0.717) is 11.3 Å². The molecule has 0 aliphatic heterocycles. The summed E-state index contributed by atoms with van der Waals surface area (Å²) in [5.74, 6) is 1.68. The predicted octanol–water partition coefficient (Wildman–Crippen LogP) is 3.04. The van der Waals surface area contributed by atoms with Crippen molar-refractivity contribution < 1.29 is 0 Å². The highest BCUT2D eigenvalue weighted by Crippen LogP contribution is 2.36. The van der Waals surface area contributed by atoms with Gasteiger partial charge in [-0.25, -0.2) is 9.97 Å². The average Bonchev–Trinajstić information content (AvgIpc) is 2.82. The molecule has 2 atom stereocenters. The highest BCUT2D eigenvalue weighted by atomic mass is 35.5. The van der Waals surface area contributed by atoms with Gasteiger partial charge in [-0.05, 0) is 37.3 Å². The number of rotatable bonds is 4. The van der Waals surface area contributed by atoms with Gasteiger partial charge in [0.2, 0.25) is 5.28 Å². The highest BCUT2D eigenvalue weighted by molar-refractivity contribution is 6.28. The molecule has 0 spiro atoms. The monoisotopic (exact) mass is 225 g/mol. The van der Waals surface area contributed by atoms with Gasteiger partial charge in [0.05, 0.1) is 0 Å². The summed E-state index contributed by atoms with van der Waals surface area (Å²) >= 11 is 5.79. The molecule has 1 aromatic heterocycles. The first-order valence-electron chi connectivity index (χ1n) is 5.46. The lowest BCUT2D eigenvalue weighted by Gasteiger charge is -2.05. The Labute approximate surface area is 95.3 Å². The number of hydrogen-bond donors (Lipinski definition) is 1. The largest absolute Gasteiger partial charge is 0.367 e. The van der Waals surface area contributed by atoms with Crippen LogP contribution in [0.3, 0.4) is 0 Å². The lowest BCUT2D eigenvalue weighted by Crippen LogP contribution is -2.07. The molecule has 1 aliphatic rings. The lowest BCUT2D eigenvalue weighted by atomic mass is 10.2. The summed E-state index contributed by atoms with van der Waals surface area (Å²) in [6.07, 6.45) is 3.82. The minimum atomic E-state index is 0.324. The maximum absolute atomic E-state index is 5.79. The Balaban J connectivity index is 1.94. The second-order valence-corrected chi connectivity index (χ2v) is 4.54. The van der Waals surface area contributed by atoms with Crippen LogP contribution in [-0.2, 0) is 0 Å². The standard InChI is InChI=1S/C11H16ClN3/c1-3-4-8-6-9(8)14-10-5-7(2)13-11(12)15-10/h5,8-9H,3-4,6H2,1-2H3,(H,13,14,15). The fraction of sp³-hybridized carbons (Fsp3) is 0.636. The number of aromatic nitrogens is 2. The molecule has 2 rings (SSSR count). The molecule has 4 heteroatoms. The summed E-state index contributed by atoms with van der Waals surface area (Å²) in [5, 5.41) is 3.72. The van der Waals surface area contributed by atoms with Crippen molar-refractivity contribution in [2.75, 3.05) is 5.32 Å². The van der Waals surface area contributed by atoms with Crippen LogP contribution >= 0.6 is 11.6 Å². The van der Waals surface area contributed by atoms with Crippen LogP contribution in [0.2, 0.25) is 5.28 Å². The van der Waals surface area contributed by atoms with Crippen LogP contribution in [-0.4, -0.2) is 16.0 Å². The number of hydrogen-bond acceptors (Lipinski definition) is 3. The molecule has 0 radical (unpaired) electrons. The molecule has 1 heterocycles. The van der Waals surface area contributed by atoms with Crippen LogP contribution in [0.15, 0.2) is 6.07 Å². The van der Waals surface area contributed by atoms with Crippen LogP contribution in [0.5, 0.6) is 0 Å². The maximum atomic E-state index is 5.79. The Bertz CT molecular complexity index is 333. The SMILES string of the molecule is CCCC1CC1Nc1cc(C)nc(Cl)n1. The van der Waals surface area contributed by atoms with Crippen molar-refractivity contribution in [3.8, 4) is 0 Å². The van der Waals surface area contributed by atoms with Crippen LogP contribution in [0.25, 0.3) is 0 Å². The summed E-state index contributed by atoms with van der Waals surface area (Å²) in [4.78, 5) is 8.18. The molecule has 1 N–H and O–H groups in total. The molecular weight excluding hydrogens is 210 g/mol. The topological polar surface area (TPSA) is 37.8 Å². The molecule has 2 unspecified atom stereocenters. The normalized spacial score (nSPS) is 23.9. The van der Waals surface area contributed by atoms with E-state index in [-0.39, 0.29) is 0 Å². The number of nitrogens with zero attached hydrogens (tertiary/aromatic N) is 2. The molecule has 0 bridgehead atoms. The summed E-state index contributed by atoms with van der Waals surface area (Å²) in [7, 11) is 0. The Kier molecular flexibility index (Phi) is 3.10. The molecule has 0 aromatic carbocycles. The summed E-state index contributed by atoms with van der Waals surface area (Å²) < 4.78 is 0. The van der Waals surface area contributed by atoms with E-state index in [9.17, 15) is 0 Å². The Hall–Kier alpha value is -0.830. The first-order chi connectivity index (χ1) is 7.19. The van der Waals surface area contributed by atoms with E-state index in [1.54, 1.807) is 0 Å². The van der Waals surface area contributed by atoms with E-state index >= 15 is 0 Å². The molecule has 82 valence electrons. The van der Waals surface area contributed by atoms with Crippen LogP contribution < -0.4 is 5.32 Å². The van der Waals surface area contributed by atoms with Gasteiger partial charge in [0.15, 0.2) is 0 Å². The van der Waals surface area contributed by atoms with E-state index in [0.717, 1.165) is 17.4 Å². The molecule has 1 aromatic rings. The molecule has 15 heavy (non-hydrogen) atoms. The van der Waals surface area contributed by atoms with Gasteiger partial charge in [-0.1, -0.05) is 13.3 Å². The highest BCUT2D eigenvalue weighted by Gasteiger charge is 2.36. The Morgan fingerprint density at radius 1 is 1.53 bits per heavy atom. The zero-order valence-corrected chi connectivity index (χ0v) is 9.88. The second kappa shape index (κ2) is 4.35. The van der Waals surface area contributed by atoms with E-state index in [2.05, 4.69) is 22.2 Å². The van der Waals surface area contributed by atoms with Crippen molar-refractivity contribution in [3.05, 3.63) is 17.0 Å². The van der Waals surface area contributed by atoms with Gasteiger partial charge >= 0.3 is 0 Å². The average molecular weight is 226 g/mol. The van der Waals surface area contributed by atoms with Crippen molar-refractivity contribution in [1.29, 1.82) is 0 Å². The third-order valence-corrected chi connectivity index (χ3v) is 2.91. The number of halogens is 1. The van der Waals surface area contributed by atoms with Crippen molar-refractivity contribution >= 4 is 17.4 Å². The number of nitrogens with one attached hydrogen (secondary N) is 1. The molecule has 0 saturated heterocycles. The van der Waals surface area contributed by atoms with Gasteiger partial charge in [0.1, 0.15) is 5.82 Å². The van der Waals surface area contributed by atoms with Crippen molar-refractivity contribution in [2.45, 2.75) is 39.2 Å². The molecule has 3 nitrogen and oxygen atoms in total. The molecule has 1 saturated carbocycles. The summed E-state index contributed by atoms with van der Waals surface area (Å²) in [5.41, 5.74) is 0.908. The molecular formula is C11H16ClN3. The lowest BCUT2D eigenvalue weighted by molar-refractivity contribution is 0.692. The van der Waals surface area contributed by atoms with Gasteiger partial charge in [-0.15, -0.1) is 0 Å². The van der Waals surface area contributed by atoms with E-state index in [1.165, 1.54) is 19.3 Å². The minimum absolute atomic E-state index is 0.324. The van der Waals surface area contributed by atoms with E-state index in [4.69, 9.17) is 11.6 Å². The quantitative estimate of drug-likeness (QED) is 0.801. The molecule has 1 aliphatic carbocycles. The van der Waals surface area contributed by atoms with Crippen LogP contribution in [0, 0.1) is 12.8 Å². The van der Waals surface area contributed by atoms with Gasteiger partial charge in [0, 0.05) is 17.8 Å². The first kappa shape index (κ1) is 10.7. The van der Waals surface area contributed by atoms with Gasteiger partial charge in [-0.3, -0.25) is 0 Å². The maximum Gasteiger partial charge on any atom is 0.224 e. The summed E-state index contributed by atoms with van der Waals surface area (Å²) in [6.45, 7) is 4.15. The zero-order valence-electron chi connectivity index (χ0n) is 9.13. The predicted molar refractivity (Wildman–Crippen MR) is 62.2 cm³/mol. The Morgan fingerprint density at radius 3 is 3.00 bits per heavy atom.